The summed E-state index contributed by atoms with van der Waals surface area (Å²) in [6.45, 7) is 4.08. The van der Waals surface area contributed by atoms with E-state index in [0.717, 1.165) is 27.9 Å². The van der Waals surface area contributed by atoms with Crippen molar-refractivity contribution in [3.63, 3.8) is 0 Å². The lowest BCUT2D eigenvalue weighted by Crippen LogP contribution is -1.98. The van der Waals surface area contributed by atoms with Gasteiger partial charge in [0.2, 0.25) is 5.95 Å². The molecular formula is C13H13N5. The molecule has 3 aromatic rings. The van der Waals surface area contributed by atoms with Crippen LogP contribution in [0.5, 0.6) is 0 Å². The molecule has 0 atom stereocenters. The Labute approximate surface area is 104 Å². The average molecular weight is 239 g/mol. The summed E-state index contributed by atoms with van der Waals surface area (Å²) in [5.41, 5.74) is 10.7. The van der Waals surface area contributed by atoms with Crippen LogP contribution in [0.1, 0.15) is 11.3 Å². The second-order valence-corrected chi connectivity index (χ2v) is 4.37. The number of aromatic amines is 1. The number of nitrogen functional groups attached to an aromatic ring is 1. The van der Waals surface area contributed by atoms with Crippen LogP contribution < -0.4 is 5.73 Å². The van der Waals surface area contributed by atoms with Gasteiger partial charge in [-0.1, -0.05) is 11.6 Å². The third kappa shape index (κ3) is 1.60. The van der Waals surface area contributed by atoms with Crippen LogP contribution in [0.4, 0.5) is 5.95 Å². The Bertz CT molecular complexity index is 729. The van der Waals surface area contributed by atoms with Gasteiger partial charge in [-0.05, 0) is 26.0 Å². The van der Waals surface area contributed by atoms with Gasteiger partial charge in [0.05, 0.1) is 11.9 Å². The summed E-state index contributed by atoms with van der Waals surface area (Å²) in [5, 5.41) is 8.67. The normalized spacial score (nSPS) is 11.0. The first kappa shape index (κ1) is 10.7. The first-order valence-corrected chi connectivity index (χ1v) is 5.69. The highest BCUT2D eigenvalue weighted by molar-refractivity contribution is 5.96. The number of hydrogen-bond acceptors (Lipinski definition) is 4. The van der Waals surface area contributed by atoms with Crippen molar-refractivity contribution in [2.24, 2.45) is 0 Å². The second kappa shape index (κ2) is 3.80. The number of nitrogens with zero attached hydrogens (tertiary/aromatic N) is 3. The van der Waals surface area contributed by atoms with Gasteiger partial charge in [-0.25, -0.2) is 4.98 Å². The van der Waals surface area contributed by atoms with Gasteiger partial charge in [-0.15, -0.1) is 5.10 Å². The SMILES string of the molecule is Cc1ccc2[nH]c(C)c(-c3cnnc(N)n3)c2c1. The first-order valence-electron chi connectivity index (χ1n) is 5.69. The van der Waals surface area contributed by atoms with E-state index < -0.39 is 0 Å². The van der Waals surface area contributed by atoms with Crippen molar-refractivity contribution in [3.8, 4) is 11.3 Å². The van der Waals surface area contributed by atoms with Crippen LogP contribution in [0.15, 0.2) is 24.4 Å². The van der Waals surface area contributed by atoms with Gasteiger partial charge >= 0.3 is 0 Å². The molecule has 0 aliphatic rings. The molecule has 0 amide bonds. The fourth-order valence-corrected chi connectivity index (χ4v) is 2.21. The van der Waals surface area contributed by atoms with Crippen LogP contribution in [0.3, 0.4) is 0 Å². The molecule has 5 heteroatoms. The van der Waals surface area contributed by atoms with Gasteiger partial charge in [0.25, 0.3) is 0 Å². The molecule has 2 heterocycles. The Morgan fingerprint density at radius 2 is 2.06 bits per heavy atom. The van der Waals surface area contributed by atoms with E-state index in [4.69, 9.17) is 5.73 Å². The summed E-state index contributed by atoms with van der Waals surface area (Å²) in [7, 11) is 0. The monoisotopic (exact) mass is 239 g/mol. The van der Waals surface area contributed by atoms with E-state index in [9.17, 15) is 0 Å². The van der Waals surface area contributed by atoms with Crippen molar-refractivity contribution in [1.29, 1.82) is 0 Å². The Kier molecular flexibility index (Phi) is 2.26. The number of aryl methyl sites for hydroxylation is 2. The minimum Gasteiger partial charge on any atom is -0.366 e. The maximum Gasteiger partial charge on any atom is 0.240 e. The number of nitrogens with two attached hydrogens (primary N) is 1. The molecule has 0 saturated heterocycles. The van der Waals surface area contributed by atoms with E-state index in [1.165, 1.54) is 5.56 Å². The summed E-state index contributed by atoms with van der Waals surface area (Å²) >= 11 is 0. The molecule has 0 aliphatic heterocycles. The lowest BCUT2D eigenvalue weighted by atomic mass is 10.1. The molecule has 0 saturated carbocycles. The van der Waals surface area contributed by atoms with Gasteiger partial charge in [0.15, 0.2) is 0 Å². The Hall–Kier alpha value is -2.43. The molecule has 5 nitrogen and oxygen atoms in total. The lowest BCUT2D eigenvalue weighted by molar-refractivity contribution is 0.990. The molecule has 0 aliphatic carbocycles. The maximum absolute atomic E-state index is 5.59. The van der Waals surface area contributed by atoms with Crippen LogP contribution in [-0.2, 0) is 0 Å². The van der Waals surface area contributed by atoms with Crippen molar-refractivity contribution in [2.45, 2.75) is 13.8 Å². The Balaban J connectivity index is 2.34. The fourth-order valence-electron chi connectivity index (χ4n) is 2.21. The quantitative estimate of drug-likeness (QED) is 0.682. The minimum absolute atomic E-state index is 0.189. The third-order valence-electron chi connectivity index (χ3n) is 2.97. The van der Waals surface area contributed by atoms with Gasteiger partial charge in [0.1, 0.15) is 0 Å². The summed E-state index contributed by atoms with van der Waals surface area (Å²) in [6, 6.07) is 6.28. The summed E-state index contributed by atoms with van der Waals surface area (Å²) < 4.78 is 0. The van der Waals surface area contributed by atoms with Crippen molar-refractivity contribution >= 4 is 16.9 Å². The summed E-state index contributed by atoms with van der Waals surface area (Å²) in [6.07, 6.45) is 1.63. The standard InChI is InChI=1S/C13H13N5/c1-7-3-4-10-9(5-7)12(8(2)16-10)11-6-15-18-13(14)17-11/h3-6,16H,1-2H3,(H2,14,17,18). The van der Waals surface area contributed by atoms with Gasteiger partial charge < -0.3 is 10.7 Å². The highest BCUT2D eigenvalue weighted by Gasteiger charge is 2.12. The number of rotatable bonds is 1. The third-order valence-corrected chi connectivity index (χ3v) is 2.97. The van der Waals surface area contributed by atoms with E-state index in [-0.39, 0.29) is 5.95 Å². The van der Waals surface area contributed by atoms with Crippen LogP contribution in [0, 0.1) is 13.8 Å². The Morgan fingerprint density at radius 1 is 1.22 bits per heavy atom. The molecule has 0 bridgehead atoms. The van der Waals surface area contributed by atoms with Crippen LogP contribution in [-0.4, -0.2) is 20.2 Å². The summed E-state index contributed by atoms with van der Waals surface area (Å²) in [5.74, 6) is 0.189. The number of hydrogen-bond donors (Lipinski definition) is 2. The zero-order chi connectivity index (χ0) is 12.7. The van der Waals surface area contributed by atoms with Crippen molar-refractivity contribution in [1.82, 2.24) is 20.2 Å². The van der Waals surface area contributed by atoms with Crippen molar-refractivity contribution in [3.05, 3.63) is 35.7 Å². The molecule has 3 rings (SSSR count). The number of aromatic nitrogens is 4. The molecule has 2 aromatic heterocycles. The van der Waals surface area contributed by atoms with Crippen LogP contribution in [0.2, 0.25) is 0 Å². The lowest BCUT2D eigenvalue weighted by Gasteiger charge is -2.01. The molecule has 0 spiro atoms. The van der Waals surface area contributed by atoms with E-state index in [1.807, 2.05) is 6.92 Å². The number of H-pyrrole nitrogens is 1. The van der Waals surface area contributed by atoms with E-state index in [0.29, 0.717) is 0 Å². The second-order valence-electron chi connectivity index (χ2n) is 4.37. The maximum atomic E-state index is 5.59. The average Bonchev–Trinajstić information content (AvgIpc) is 2.64. The first-order chi connectivity index (χ1) is 8.65. The smallest absolute Gasteiger partial charge is 0.240 e. The van der Waals surface area contributed by atoms with E-state index >= 15 is 0 Å². The summed E-state index contributed by atoms with van der Waals surface area (Å²) in [4.78, 5) is 7.58. The molecule has 0 fully saturated rings. The number of benzene rings is 1. The zero-order valence-corrected chi connectivity index (χ0v) is 10.2. The van der Waals surface area contributed by atoms with Crippen molar-refractivity contribution in [2.75, 3.05) is 5.73 Å². The van der Waals surface area contributed by atoms with Gasteiger partial charge in [-0.2, -0.15) is 5.10 Å². The number of anilines is 1. The highest BCUT2D eigenvalue weighted by atomic mass is 15.2. The van der Waals surface area contributed by atoms with Gasteiger partial charge in [-0.3, -0.25) is 0 Å². The Morgan fingerprint density at radius 3 is 2.83 bits per heavy atom. The molecule has 18 heavy (non-hydrogen) atoms. The molecule has 0 radical (unpaired) electrons. The highest BCUT2D eigenvalue weighted by Crippen LogP contribution is 2.31. The topological polar surface area (TPSA) is 80.5 Å². The predicted octanol–water partition coefficient (Wildman–Crippen LogP) is 2.22. The minimum atomic E-state index is 0.189. The molecule has 1 aromatic carbocycles. The van der Waals surface area contributed by atoms with E-state index in [2.05, 4.69) is 45.3 Å². The fraction of sp³-hybridized carbons (Fsp3) is 0.154. The largest absolute Gasteiger partial charge is 0.366 e. The predicted molar refractivity (Wildman–Crippen MR) is 71.0 cm³/mol. The number of fused-ring (bicyclic) bond motifs is 1. The molecular weight excluding hydrogens is 226 g/mol. The van der Waals surface area contributed by atoms with Crippen molar-refractivity contribution < 1.29 is 0 Å². The molecule has 90 valence electrons. The number of nitrogens with one attached hydrogen (secondary N) is 1. The zero-order valence-electron chi connectivity index (χ0n) is 10.2. The van der Waals surface area contributed by atoms with Crippen LogP contribution >= 0.6 is 0 Å². The molecule has 0 unspecified atom stereocenters. The van der Waals surface area contributed by atoms with Crippen LogP contribution in [0.25, 0.3) is 22.2 Å². The van der Waals surface area contributed by atoms with E-state index in [1.54, 1.807) is 6.20 Å². The molecule has 3 N–H and O–H groups in total. The van der Waals surface area contributed by atoms with Gasteiger partial charge in [0, 0.05) is 22.2 Å².